The first-order valence-corrected chi connectivity index (χ1v) is 5.46. The van der Waals surface area contributed by atoms with Gasteiger partial charge in [-0.05, 0) is 31.4 Å². The normalized spacial score (nSPS) is 16.2. The van der Waals surface area contributed by atoms with E-state index in [1.165, 1.54) is 12.1 Å². The molecule has 1 aromatic carbocycles. The van der Waals surface area contributed by atoms with E-state index in [9.17, 15) is 9.18 Å². The molecule has 0 aliphatic carbocycles. The SMILES string of the molecule is O=C(c1ccc(O)cc1F)N1CCCCC1. The van der Waals surface area contributed by atoms with E-state index in [0.717, 1.165) is 25.3 Å². The van der Waals surface area contributed by atoms with Gasteiger partial charge in [-0.25, -0.2) is 4.39 Å². The molecule has 4 heteroatoms. The van der Waals surface area contributed by atoms with E-state index >= 15 is 0 Å². The lowest BCUT2D eigenvalue weighted by molar-refractivity contribution is 0.0719. The number of likely N-dealkylation sites (tertiary alicyclic amines) is 1. The van der Waals surface area contributed by atoms with Crippen LogP contribution in [-0.4, -0.2) is 29.0 Å². The minimum absolute atomic E-state index is 0.0414. The summed E-state index contributed by atoms with van der Waals surface area (Å²) in [7, 11) is 0. The predicted octanol–water partition coefficient (Wildman–Crippen LogP) is 2.16. The Hall–Kier alpha value is -1.58. The van der Waals surface area contributed by atoms with Gasteiger partial charge in [0, 0.05) is 19.2 Å². The Bertz CT molecular complexity index is 400. The van der Waals surface area contributed by atoms with Crippen LogP contribution >= 0.6 is 0 Å². The van der Waals surface area contributed by atoms with Crippen molar-refractivity contribution in [3.8, 4) is 5.75 Å². The van der Waals surface area contributed by atoms with Gasteiger partial charge in [0.1, 0.15) is 11.6 Å². The first-order chi connectivity index (χ1) is 7.68. The molecule has 0 saturated carbocycles. The summed E-state index contributed by atoms with van der Waals surface area (Å²) >= 11 is 0. The molecule has 0 bridgehead atoms. The van der Waals surface area contributed by atoms with Crippen molar-refractivity contribution in [1.82, 2.24) is 4.90 Å². The monoisotopic (exact) mass is 223 g/mol. The Balaban J connectivity index is 2.19. The third kappa shape index (κ3) is 2.15. The molecule has 1 N–H and O–H groups in total. The Morgan fingerprint density at radius 3 is 2.56 bits per heavy atom. The molecule has 1 aliphatic heterocycles. The minimum Gasteiger partial charge on any atom is -0.508 e. The highest BCUT2D eigenvalue weighted by molar-refractivity contribution is 5.94. The number of phenols is 1. The molecule has 1 fully saturated rings. The molecule has 0 atom stereocenters. The summed E-state index contributed by atoms with van der Waals surface area (Å²) in [4.78, 5) is 13.6. The Morgan fingerprint density at radius 1 is 1.25 bits per heavy atom. The maximum atomic E-state index is 13.4. The number of amides is 1. The second-order valence-electron chi connectivity index (χ2n) is 4.02. The van der Waals surface area contributed by atoms with E-state index in [0.29, 0.717) is 13.1 Å². The number of nitrogens with zero attached hydrogens (tertiary/aromatic N) is 1. The zero-order valence-corrected chi connectivity index (χ0v) is 8.95. The van der Waals surface area contributed by atoms with Crippen molar-refractivity contribution in [3.63, 3.8) is 0 Å². The van der Waals surface area contributed by atoms with E-state index in [1.807, 2.05) is 0 Å². The molecule has 0 radical (unpaired) electrons. The summed E-state index contributed by atoms with van der Waals surface area (Å²) in [6.45, 7) is 1.39. The number of halogens is 1. The molecule has 0 unspecified atom stereocenters. The Morgan fingerprint density at radius 2 is 1.94 bits per heavy atom. The molecule has 86 valence electrons. The van der Waals surface area contributed by atoms with Gasteiger partial charge in [-0.2, -0.15) is 0 Å². The molecule has 1 heterocycles. The largest absolute Gasteiger partial charge is 0.508 e. The fourth-order valence-electron chi connectivity index (χ4n) is 1.94. The third-order valence-corrected chi connectivity index (χ3v) is 2.83. The number of hydrogen-bond acceptors (Lipinski definition) is 2. The number of carbonyl (C=O) groups is 1. The van der Waals surface area contributed by atoms with Crippen LogP contribution in [-0.2, 0) is 0 Å². The lowest BCUT2D eigenvalue weighted by Gasteiger charge is -2.26. The van der Waals surface area contributed by atoms with Crippen molar-refractivity contribution < 1.29 is 14.3 Å². The molecule has 1 aromatic rings. The first-order valence-electron chi connectivity index (χ1n) is 5.46. The van der Waals surface area contributed by atoms with Crippen molar-refractivity contribution in [2.24, 2.45) is 0 Å². The van der Waals surface area contributed by atoms with E-state index in [2.05, 4.69) is 0 Å². The summed E-state index contributed by atoms with van der Waals surface area (Å²) in [5.41, 5.74) is 0.0414. The van der Waals surface area contributed by atoms with Crippen LogP contribution in [0.25, 0.3) is 0 Å². The highest BCUT2D eigenvalue weighted by Gasteiger charge is 2.20. The topological polar surface area (TPSA) is 40.5 Å². The minimum atomic E-state index is -0.657. The standard InChI is InChI=1S/C12H14FNO2/c13-11-8-9(15)4-5-10(11)12(16)14-6-2-1-3-7-14/h4-5,8,15H,1-3,6-7H2. The molecule has 1 aliphatic rings. The van der Waals surface area contributed by atoms with Crippen molar-refractivity contribution in [3.05, 3.63) is 29.6 Å². The van der Waals surface area contributed by atoms with Crippen molar-refractivity contribution >= 4 is 5.91 Å². The quantitative estimate of drug-likeness (QED) is 0.792. The van der Waals surface area contributed by atoms with Gasteiger partial charge in [0.05, 0.1) is 5.56 Å². The van der Waals surface area contributed by atoms with Crippen LogP contribution in [0.5, 0.6) is 5.75 Å². The molecule has 0 aromatic heterocycles. The number of benzene rings is 1. The van der Waals surface area contributed by atoms with Gasteiger partial charge in [0.25, 0.3) is 5.91 Å². The van der Waals surface area contributed by atoms with Crippen LogP contribution in [0.15, 0.2) is 18.2 Å². The average molecular weight is 223 g/mol. The summed E-state index contributed by atoms with van der Waals surface area (Å²) < 4.78 is 13.4. The lowest BCUT2D eigenvalue weighted by Crippen LogP contribution is -2.36. The average Bonchev–Trinajstić information content (AvgIpc) is 2.29. The van der Waals surface area contributed by atoms with Crippen molar-refractivity contribution in [2.45, 2.75) is 19.3 Å². The fraction of sp³-hybridized carbons (Fsp3) is 0.417. The fourth-order valence-corrected chi connectivity index (χ4v) is 1.94. The zero-order valence-electron chi connectivity index (χ0n) is 8.95. The smallest absolute Gasteiger partial charge is 0.256 e. The molecular weight excluding hydrogens is 209 g/mol. The van der Waals surface area contributed by atoms with Gasteiger partial charge >= 0.3 is 0 Å². The second-order valence-corrected chi connectivity index (χ2v) is 4.02. The van der Waals surface area contributed by atoms with Crippen molar-refractivity contribution in [2.75, 3.05) is 13.1 Å². The maximum Gasteiger partial charge on any atom is 0.256 e. The Labute approximate surface area is 93.5 Å². The number of carbonyl (C=O) groups excluding carboxylic acids is 1. The highest BCUT2D eigenvalue weighted by Crippen LogP contribution is 2.18. The number of phenolic OH excluding ortho intramolecular Hbond substituents is 1. The van der Waals surface area contributed by atoms with Gasteiger partial charge < -0.3 is 10.0 Å². The van der Waals surface area contributed by atoms with Gasteiger partial charge in [-0.3, -0.25) is 4.79 Å². The highest BCUT2D eigenvalue weighted by atomic mass is 19.1. The van der Waals surface area contributed by atoms with E-state index in [-0.39, 0.29) is 17.2 Å². The van der Waals surface area contributed by atoms with Gasteiger partial charge in [0.15, 0.2) is 0 Å². The number of rotatable bonds is 1. The van der Waals surface area contributed by atoms with Crippen LogP contribution in [0.4, 0.5) is 4.39 Å². The number of hydrogen-bond donors (Lipinski definition) is 1. The van der Waals surface area contributed by atoms with Crippen LogP contribution in [0.1, 0.15) is 29.6 Å². The van der Waals surface area contributed by atoms with E-state index < -0.39 is 5.82 Å². The van der Waals surface area contributed by atoms with Crippen LogP contribution in [0, 0.1) is 5.82 Å². The predicted molar refractivity (Wildman–Crippen MR) is 57.8 cm³/mol. The molecular formula is C12H14FNO2. The molecule has 16 heavy (non-hydrogen) atoms. The first kappa shape index (κ1) is 10.9. The summed E-state index contributed by atoms with van der Waals surface area (Å²) in [6.07, 6.45) is 3.08. The molecule has 3 nitrogen and oxygen atoms in total. The van der Waals surface area contributed by atoms with Crippen LogP contribution in [0.3, 0.4) is 0 Å². The van der Waals surface area contributed by atoms with Gasteiger partial charge in [-0.1, -0.05) is 0 Å². The molecule has 1 saturated heterocycles. The lowest BCUT2D eigenvalue weighted by atomic mass is 10.1. The third-order valence-electron chi connectivity index (χ3n) is 2.83. The molecule has 2 rings (SSSR count). The number of aromatic hydroxyl groups is 1. The van der Waals surface area contributed by atoms with Crippen LogP contribution < -0.4 is 0 Å². The maximum absolute atomic E-state index is 13.4. The summed E-state index contributed by atoms with van der Waals surface area (Å²) in [5, 5.41) is 9.06. The Kier molecular flexibility index (Phi) is 3.08. The van der Waals surface area contributed by atoms with Crippen LogP contribution in [0.2, 0.25) is 0 Å². The van der Waals surface area contributed by atoms with Gasteiger partial charge in [0.2, 0.25) is 0 Å². The van der Waals surface area contributed by atoms with E-state index in [1.54, 1.807) is 4.90 Å². The van der Waals surface area contributed by atoms with E-state index in [4.69, 9.17) is 5.11 Å². The molecule has 0 spiro atoms. The zero-order chi connectivity index (χ0) is 11.5. The number of piperidine rings is 1. The van der Waals surface area contributed by atoms with Gasteiger partial charge in [-0.15, -0.1) is 0 Å². The van der Waals surface area contributed by atoms with Crippen molar-refractivity contribution in [1.29, 1.82) is 0 Å². The molecule has 1 amide bonds. The summed E-state index contributed by atoms with van der Waals surface area (Å²) in [6, 6.07) is 3.64. The second kappa shape index (κ2) is 4.51. The summed E-state index contributed by atoms with van der Waals surface area (Å²) in [5.74, 6) is -1.10.